The van der Waals surface area contributed by atoms with Gasteiger partial charge in [-0.25, -0.2) is 13.1 Å². The van der Waals surface area contributed by atoms with Crippen LogP contribution in [0.15, 0.2) is 85.1 Å². The number of hydrogen-bond acceptors (Lipinski definition) is 5. The molecule has 3 aromatic carbocycles. The highest BCUT2D eigenvalue weighted by molar-refractivity contribution is 7.92. The van der Waals surface area contributed by atoms with E-state index in [-0.39, 0.29) is 0 Å². The number of sulfonamides is 1. The minimum Gasteiger partial charge on any atom is -0.496 e. The molecule has 0 saturated heterocycles. The zero-order valence-corrected chi connectivity index (χ0v) is 18.8. The molecule has 9 heteroatoms. The van der Waals surface area contributed by atoms with E-state index < -0.39 is 15.9 Å². The first-order valence-corrected chi connectivity index (χ1v) is 11.9. The van der Waals surface area contributed by atoms with E-state index in [1.54, 1.807) is 48.3 Å². The van der Waals surface area contributed by atoms with Gasteiger partial charge in [0.05, 0.1) is 30.3 Å². The van der Waals surface area contributed by atoms with Gasteiger partial charge in [0.1, 0.15) is 11.4 Å². The number of nitrogens with one attached hydrogen (secondary N) is 2. The second-order valence-corrected chi connectivity index (χ2v) is 9.03. The van der Waals surface area contributed by atoms with Crippen LogP contribution in [-0.2, 0) is 10.0 Å². The van der Waals surface area contributed by atoms with E-state index >= 15 is 0 Å². The number of carbonyl (C=O) groups is 1. The predicted molar refractivity (Wildman–Crippen MR) is 128 cm³/mol. The number of para-hydroxylation sites is 2. The van der Waals surface area contributed by atoms with E-state index in [0.717, 1.165) is 11.9 Å². The molecule has 1 amide bonds. The Kier molecular flexibility index (Phi) is 6.14. The molecule has 0 spiro atoms. The minimum absolute atomic E-state index is 0.338. The second kappa shape index (κ2) is 9.17. The number of anilines is 2. The second-order valence-electron chi connectivity index (χ2n) is 7.28. The summed E-state index contributed by atoms with van der Waals surface area (Å²) in [5.41, 5.74) is 3.05. The Bertz CT molecular complexity index is 1400. The molecule has 168 valence electrons. The molecule has 1 aromatic heterocycles. The summed E-state index contributed by atoms with van der Waals surface area (Å²) >= 11 is 0. The zero-order chi connectivity index (χ0) is 23.4. The molecule has 0 fully saturated rings. The number of hydrogen-bond donors (Lipinski definition) is 2. The molecule has 0 bridgehead atoms. The highest BCUT2D eigenvalue weighted by atomic mass is 32.2. The van der Waals surface area contributed by atoms with Gasteiger partial charge in [0.15, 0.2) is 0 Å². The summed E-state index contributed by atoms with van der Waals surface area (Å²) in [7, 11) is -1.88. The standard InChI is InChI=1S/C24H22N4O4S/c1-32-22-14-7-6-13-20(22)23-21(16-28(26-23)19-11-4-3-5-12-19)24(29)25-17-9-8-10-18(15-17)27-33(2,30)31/h3-16,27H,1-2H3,(H,25,29). The van der Waals surface area contributed by atoms with Gasteiger partial charge >= 0.3 is 0 Å². The SMILES string of the molecule is COc1ccccc1-c1nn(-c2ccccc2)cc1C(=O)Nc1cccc(NS(C)(=O)=O)c1. The normalized spacial score (nSPS) is 11.1. The number of ether oxygens (including phenoxy) is 1. The quantitative estimate of drug-likeness (QED) is 0.429. The maximum Gasteiger partial charge on any atom is 0.259 e. The Hall–Kier alpha value is -4.11. The van der Waals surface area contributed by atoms with Gasteiger partial charge in [0.25, 0.3) is 5.91 Å². The molecular formula is C24H22N4O4S. The monoisotopic (exact) mass is 462 g/mol. The van der Waals surface area contributed by atoms with Crippen molar-refractivity contribution >= 4 is 27.3 Å². The van der Waals surface area contributed by atoms with Crippen LogP contribution in [0.3, 0.4) is 0 Å². The third kappa shape index (κ3) is 5.21. The fourth-order valence-corrected chi connectivity index (χ4v) is 3.92. The summed E-state index contributed by atoms with van der Waals surface area (Å²) in [5.74, 6) is 0.193. The van der Waals surface area contributed by atoms with Crippen LogP contribution in [0, 0.1) is 0 Å². The first-order valence-electron chi connectivity index (χ1n) is 10.0. The first-order chi connectivity index (χ1) is 15.8. The summed E-state index contributed by atoms with van der Waals surface area (Å²) in [4.78, 5) is 13.3. The van der Waals surface area contributed by atoms with E-state index in [4.69, 9.17) is 4.74 Å². The van der Waals surface area contributed by atoms with Gasteiger partial charge in [-0.3, -0.25) is 9.52 Å². The molecular weight excluding hydrogens is 440 g/mol. The molecule has 0 saturated carbocycles. The van der Waals surface area contributed by atoms with Crippen LogP contribution in [0.25, 0.3) is 16.9 Å². The van der Waals surface area contributed by atoms with Crippen LogP contribution in [0.5, 0.6) is 5.75 Å². The van der Waals surface area contributed by atoms with Gasteiger partial charge in [-0.05, 0) is 42.5 Å². The van der Waals surface area contributed by atoms with Crippen molar-refractivity contribution in [3.05, 3.63) is 90.6 Å². The lowest BCUT2D eigenvalue weighted by atomic mass is 10.1. The van der Waals surface area contributed by atoms with Crippen molar-refractivity contribution in [1.29, 1.82) is 0 Å². The molecule has 0 aliphatic rings. The van der Waals surface area contributed by atoms with Crippen molar-refractivity contribution in [3.63, 3.8) is 0 Å². The fourth-order valence-electron chi connectivity index (χ4n) is 3.37. The lowest BCUT2D eigenvalue weighted by Crippen LogP contribution is -2.13. The highest BCUT2D eigenvalue weighted by Crippen LogP contribution is 2.32. The smallest absolute Gasteiger partial charge is 0.259 e. The fraction of sp³-hybridized carbons (Fsp3) is 0.0833. The molecule has 2 N–H and O–H groups in total. The minimum atomic E-state index is -3.44. The number of carbonyl (C=O) groups excluding carboxylic acids is 1. The van der Waals surface area contributed by atoms with Crippen LogP contribution < -0.4 is 14.8 Å². The van der Waals surface area contributed by atoms with E-state index in [2.05, 4.69) is 15.1 Å². The summed E-state index contributed by atoms with van der Waals surface area (Å²) in [6.07, 6.45) is 2.72. The molecule has 0 atom stereocenters. The van der Waals surface area contributed by atoms with Gasteiger partial charge in [0.2, 0.25) is 10.0 Å². The number of methoxy groups -OCH3 is 1. The largest absolute Gasteiger partial charge is 0.496 e. The van der Waals surface area contributed by atoms with Crippen molar-refractivity contribution in [3.8, 4) is 22.7 Å². The number of nitrogens with zero attached hydrogens (tertiary/aromatic N) is 2. The molecule has 0 unspecified atom stereocenters. The Morgan fingerprint density at radius 1 is 0.939 bits per heavy atom. The highest BCUT2D eigenvalue weighted by Gasteiger charge is 2.21. The van der Waals surface area contributed by atoms with Crippen molar-refractivity contribution in [1.82, 2.24) is 9.78 Å². The third-order valence-electron chi connectivity index (χ3n) is 4.77. The number of benzene rings is 3. The maximum atomic E-state index is 13.3. The summed E-state index contributed by atoms with van der Waals surface area (Å²) in [6.45, 7) is 0. The Labute approximate surface area is 191 Å². The van der Waals surface area contributed by atoms with E-state index in [1.807, 2.05) is 48.5 Å². The zero-order valence-electron chi connectivity index (χ0n) is 18.0. The average molecular weight is 463 g/mol. The van der Waals surface area contributed by atoms with Gasteiger partial charge in [-0.1, -0.05) is 36.4 Å². The molecule has 0 aliphatic carbocycles. The van der Waals surface area contributed by atoms with Gasteiger partial charge in [-0.15, -0.1) is 0 Å². The molecule has 33 heavy (non-hydrogen) atoms. The predicted octanol–water partition coefficient (Wildman–Crippen LogP) is 4.17. The van der Waals surface area contributed by atoms with Crippen molar-refractivity contribution < 1.29 is 17.9 Å². The average Bonchev–Trinajstić information content (AvgIpc) is 3.24. The lowest BCUT2D eigenvalue weighted by molar-refractivity contribution is 0.102. The molecule has 4 rings (SSSR count). The molecule has 4 aromatic rings. The number of amides is 1. The maximum absolute atomic E-state index is 13.3. The molecule has 0 radical (unpaired) electrons. The van der Waals surface area contributed by atoms with Crippen LogP contribution in [-0.4, -0.2) is 37.5 Å². The van der Waals surface area contributed by atoms with Crippen LogP contribution in [0.1, 0.15) is 10.4 Å². The lowest BCUT2D eigenvalue weighted by Gasteiger charge is -2.10. The van der Waals surface area contributed by atoms with Crippen molar-refractivity contribution in [2.24, 2.45) is 0 Å². The Balaban J connectivity index is 1.74. The van der Waals surface area contributed by atoms with Gasteiger partial charge < -0.3 is 10.1 Å². The van der Waals surface area contributed by atoms with E-state index in [0.29, 0.717) is 33.9 Å². The van der Waals surface area contributed by atoms with Gasteiger partial charge in [-0.2, -0.15) is 5.10 Å². The third-order valence-corrected chi connectivity index (χ3v) is 5.37. The summed E-state index contributed by atoms with van der Waals surface area (Å²) in [5, 5.41) is 7.50. The van der Waals surface area contributed by atoms with Crippen LogP contribution in [0.2, 0.25) is 0 Å². The molecule has 0 aliphatic heterocycles. The Morgan fingerprint density at radius 2 is 1.64 bits per heavy atom. The molecule has 1 heterocycles. The van der Waals surface area contributed by atoms with Crippen LogP contribution in [0.4, 0.5) is 11.4 Å². The van der Waals surface area contributed by atoms with E-state index in [1.165, 1.54) is 0 Å². The summed E-state index contributed by atoms with van der Waals surface area (Å²) < 4.78 is 32.6. The summed E-state index contributed by atoms with van der Waals surface area (Å²) in [6, 6.07) is 23.3. The van der Waals surface area contributed by atoms with Crippen molar-refractivity contribution in [2.75, 3.05) is 23.4 Å². The Morgan fingerprint density at radius 3 is 2.36 bits per heavy atom. The van der Waals surface area contributed by atoms with Crippen LogP contribution >= 0.6 is 0 Å². The van der Waals surface area contributed by atoms with Crippen molar-refractivity contribution in [2.45, 2.75) is 0 Å². The number of rotatable bonds is 7. The first kappa shape index (κ1) is 22.1. The topological polar surface area (TPSA) is 102 Å². The van der Waals surface area contributed by atoms with Gasteiger partial charge in [0, 0.05) is 17.4 Å². The molecule has 8 nitrogen and oxygen atoms in total. The van der Waals surface area contributed by atoms with E-state index in [9.17, 15) is 13.2 Å². The number of aromatic nitrogens is 2.